The van der Waals surface area contributed by atoms with Gasteiger partial charge in [-0.2, -0.15) is 0 Å². The average Bonchev–Trinajstić information content (AvgIpc) is 2.46. The molecule has 3 nitrogen and oxygen atoms in total. The lowest BCUT2D eigenvalue weighted by Crippen LogP contribution is -1.97. The summed E-state index contributed by atoms with van der Waals surface area (Å²) in [6, 6.07) is 0. The zero-order valence-electron chi connectivity index (χ0n) is 13.7. The Balaban J connectivity index is 3.07. The van der Waals surface area contributed by atoms with Crippen molar-refractivity contribution in [3.05, 3.63) is 12.2 Å². The quantitative estimate of drug-likeness (QED) is 0.309. The average molecular weight is 297 g/mol. The van der Waals surface area contributed by atoms with Gasteiger partial charge in [0.25, 0.3) is 0 Å². The SMILES string of the molecule is NCCCCCCCCC=CCCCCCCCC(=O)O. The van der Waals surface area contributed by atoms with Crippen molar-refractivity contribution < 1.29 is 9.90 Å². The standard InChI is InChI=1S/C18H35NO2/c19-17-15-13-11-9-7-5-3-1-2-4-6-8-10-12-14-16-18(20)21/h1-2H,3-17,19H2,(H,20,21). The maximum absolute atomic E-state index is 10.3. The summed E-state index contributed by atoms with van der Waals surface area (Å²) in [7, 11) is 0. The topological polar surface area (TPSA) is 63.3 Å². The minimum absolute atomic E-state index is 0.326. The summed E-state index contributed by atoms with van der Waals surface area (Å²) in [5.41, 5.74) is 5.46. The van der Waals surface area contributed by atoms with Crippen molar-refractivity contribution in [1.82, 2.24) is 0 Å². The van der Waals surface area contributed by atoms with Gasteiger partial charge in [-0.1, -0.05) is 57.1 Å². The van der Waals surface area contributed by atoms with Gasteiger partial charge in [-0.3, -0.25) is 4.79 Å². The van der Waals surface area contributed by atoms with Crippen LogP contribution in [0.3, 0.4) is 0 Å². The number of unbranched alkanes of at least 4 members (excludes halogenated alkanes) is 11. The van der Waals surface area contributed by atoms with Crippen LogP contribution in [-0.4, -0.2) is 17.6 Å². The van der Waals surface area contributed by atoms with Crippen LogP contribution < -0.4 is 5.73 Å². The molecule has 0 saturated carbocycles. The fourth-order valence-corrected chi connectivity index (χ4v) is 2.42. The highest BCUT2D eigenvalue weighted by Gasteiger charge is 1.95. The van der Waals surface area contributed by atoms with Crippen LogP contribution in [0.4, 0.5) is 0 Å². The molecular formula is C18H35NO2. The minimum Gasteiger partial charge on any atom is -0.481 e. The van der Waals surface area contributed by atoms with Crippen molar-refractivity contribution in [3.63, 3.8) is 0 Å². The Bertz CT molecular complexity index is 252. The Kier molecular flexibility index (Phi) is 16.5. The second-order valence-electron chi connectivity index (χ2n) is 5.87. The lowest BCUT2D eigenvalue weighted by molar-refractivity contribution is -0.137. The fourth-order valence-electron chi connectivity index (χ4n) is 2.42. The predicted molar refractivity (Wildman–Crippen MR) is 90.5 cm³/mol. The molecule has 3 N–H and O–H groups in total. The van der Waals surface area contributed by atoms with Gasteiger partial charge in [0, 0.05) is 6.42 Å². The second kappa shape index (κ2) is 17.2. The highest BCUT2D eigenvalue weighted by molar-refractivity contribution is 5.66. The number of nitrogens with two attached hydrogens (primary N) is 1. The Labute approximate surface area is 131 Å². The first-order valence-corrected chi connectivity index (χ1v) is 8.84. The van der Waals surface area contributed by atoms with Crippen LogP contribution >= 0.6 is 0 Å². The van der Waals surface area contributed by atoms with Crippen LogP contribution in [0.5, 0.6) is 0 Å². The Morgan fingerprint density at radius 2 is 1.14 bits per heavy atom. The summed E-state index contributed by atoms with van der Waals surface area (Å²) in [5.74, 6) is -0.669. The molecule has 0 atom stereocenters. The predicted octanol–water partition coefficient (Wildman–Crippen LogP) is 5.05. The molecule has 0 radical (unpaired) electrons. The highest BCUT2D eigenvalue weighted by atomic mass is 16.4. The van der Waals surface area contributed by atoms with Crippen LogP contribution in [-0.2, 0) is 4.79 Å². The molecule has 0 saturated heterocycles. The van der Waals surface area contributed by atoms with Crippen LogP contribution in [0.2, 0.25) is 0 Å². The van der Waals surface area contributed by atoms with E-state index >= 15 is 0 Å². The van der Waals surface area contributed by atoms with Crippen molar-refractivity contribution >= 4 is 5.97 Å². The molecule has 0 aromatic rings. The number of carboxylic acids is 1. The molecule has 0 fully saturated rings. The first-order chi connectivity index (χ1) is 10.3. The van der Waals surface area contributed by atoms with Gasteiger partial charge >= 0.3 is 5.97 Å². The number of rotatable bonds is 16. The molecule has 0 aromatic heterocycles. The van der Waals surface area contributed by atoms with Gasteiger partial charge in [-0.05, 0) is 45.1 Å². The minimum atomic E-state index is -0.669. The van der Waals surface area contributed by atoms with Gasteiger partial charge in [-0.15, -0.1) is 0 Å². The molecule has 3 heteroatoms. The molecule has 0 aliphatic carbocycles. The van der Waals surface area contributed by atoms with E-state index in [1.807, 2.05) is 0 Å². The molecular weight excluding hydrogens is 262 g/mol. The zero-order valence-corrected chi connectivity index (χ0v) is 13.7. The van der Waals surface area contributed by atoms with E-state index in [0.717, 1.165) is 19.4 Å². The number of carboxylic acid groups (broad SMARTS) is 1. The Hall–Kier alpha value is -0.830. The third kappa shape index (κ3) is 19.2. The lowest BCUT2D eigenvalue weighted by atomic mass is 10.1. The third-order valence-corrected chi connectivity index (χ3v) is 3.75. The van der Waals surface area contributed by atoms with Crippen molar-refractivity contribution in [1.29, 1.82) is 0 Å². The molecule has 0 amide bonds. The molecule has 0 unspecified atom stereocenters. The molecule has 0 aromatic carbocycles. The van der Waals surface area contributed by atoms with E-state index in [2.05, 4.69) is 12.2 Å². The van der Waals surface area contributed by atoms with Gasteiger partial charge in [0.15, 0.2) is 0 Å². The normalized spacial score (nSPS) is 11.3. The van der Waals surface area contributed by atoms with Crippen molar-refractivity contribution in [2.45, 2.75) is 89.9 Å². The van der Waals surface area contributed by atoms with Crippen molar-refractivity contribution in [2.24, 2.45) is 5.73 Å². The summed E-state index contributed by atoms with van der Waals surface area (Å²) in [5, 5.41) is 8.51. The Morgan fingerprint density at radius 1 is 0.714 bits per heavy atom. The van der Waals surface area contributed by atoms with Gasteiger partial charge in [0.1, 0.15) is 0 Å². The maximum atomic E-state index is 10.3. The van der Waals surface area contributed by atoms with Gasteiger partial charge in [0.05, 0.1) is 0 Å². The molecule has 0 aliphatic rings. The first kappa shape index (κ1) is 20.2. The highest BCUT2D eigenvalue weighted by Crippen LogP contribution is 2.09. The summed E-state index contributed by atoms with van der Waals surface area (Å²) in [4.78, 5) is 10.3. The molecule has 0 rings (SSSR count). The van der Waals surface area contributed by atoms with Crippen LogP contribution in [0.25, 0.3) is 0 Å². The van der Waals surface area contributed by atoms with Crippen molar-refractivity contribution in [3.8, 4) is 0 Å². The molecule has 0 heterocycles. The van der Waals surface area contributed by atoms with E-state index in [1.165, 1.54) is 70.6 Å². The largest absolute Gasteiger partial charge is 0.481 e. The molecule has 0 spiro atoms. The monoisotopic (exact) mass is 297 g/mol. The third-order valence-electron chi connectivity index (χ3n) is 3.75. The number of allylic oxidation sites excluding steroid dienone is 2. The van der Waals surface area contributed by atoms with E-state index < -0.39 is 5.97 Å². The molecule has 21 heavy (non-hydrogen) atoms. The zero-order chi connectivity index (χ0) is 15.6. The van der Waals surface area contributed by atoms with Gasteiger partial charge in [0.2, 0.25) is 0 Å². The number of hydrogen-bond acceptors (Lipinski definition) is 2. The summed E-state index contributed by atoms with van der Waals surface area (Å²) in [6.07, 6.45) is 20.7. The van der Waals surface area contributed by atoms with E-state index in [9.17, 15) is 4.79 Å². The smallest absolute Gasteiger partial charge is 0.303 e. The summed E-state index contributed by atoms with van der Waals surface area (Å²) >= 11 is 0. The number of hydrogen-bond donors (Lipinski definition) is 2. The number of carbonyl (C=O) groups is 1. The van der Waals surface area contributed by atoms with Crippen LogP contribution in [0.1, 0.15) is 89.9 Å². The van der Waals surface area contributed by atoms with Crippen LogP contribution in [0.15, 0.2) is 12.2 Å². The van der Waals surface area contributed by atoms with Gasteiger partial charge in [-0.25, -0.2) is 0 Å². The van der Waals surface area contributed by atoms with Crippen molar-refractivity contribution in [2.75, 3.05) is 6.54 Å². The molecule has 0 aliphatic heterocycles. The first-order valence-electron chi connectivity index (χ1n) is 8.84. The number of aliphatic carboxylic acids is 1. The second-order valence-corrected chi connectivity index (χ2v) is 5.87. The van der Waals surface area contributed by atoms with Crippen LogP contribution in [0, 0.1) is 0 Å². The summed E-state index contributed by atoms with van der Waals surface area (Å²) in [6.45, 7) is 0.836. The van der Waals surface area contributed by atoms with E-state index in [1.54, 1.807) is 0 Å². The van der Waals surface area contributed by atoms with E-state index in [4.69, 9.17) is 10.8 Å². The lowest BCUT2D eigenvalue weighted by Gasteiger charge is -1.99. The molecule has 124 valence electrons. The maximum Gasteiger partial charge on any atom is 0.303 e. The summed E-state index contributed by atoms with van der Waals surface area (Å²) < 4.78 is 0. The fraction of sp³-hybridized carbons (Fsp3) is 0.833. The Morgan fingerprint density at radius 3 is 1.62 bits per heavy atom. The van der Waals surface area contributed by atoms with E-state index in [-0.39, 0.29) is 0 Å². The van der Waals surface area contributed by atoms with E-state index in [0.29, 0.717) is 6.42 Å². The molecule has 0 bridgehead atoms. The van der Waals surface area contributed by atoms with Gasteiger partial charge < -0.3 is 10.8 Å².